The number of carbonyl (C=O) groups is 1. The van der Waals surface area contributed by atoms with Gasteiger partial charge in [-0.15, -0.1) is 11.6 Å². The summed E-state index contributed by atoms with van der Waals surface area (Å²) in [6, 6.07) is 5.96. The van der Waals surface area contributed by atoms with E-state index in [9.17, 15) is 4.79 Å². The number of carbonyl (C=O) groups excluding carboxylic acids is 1. The van der Waals surface area contributed by atoms with Gasteiger partial charge in [-0.3, -0.25) is 4.79 Å². The Hall–Kier alpha value is -1.49. The van der Waals surface area contributed by atoms with Crippen LogP contribution in [0.5, 0.6) is 0 Å². The van der Waals surface area contributed by atoms with Crippen molar-refractivity contribution in [2.45, 2.75) is 25.6 Å². The average molecular weight is 379 g/mol. The summed E-state index contributed by atoms with van der Waals surface area (Å²) < 4.78 is 0. The molecule has 1 aliphatic heterocycles. The third-order valence-corrected chi connectivity index (χ3v) is 5.41. The van der Waals surface area contributed by atoms with Gasteiger partial charge in [0, 0.05) is 11.5 Å². The van der Waals surface area contributed by atoms with E-state index in [0.717, 1.165) is 11.3 Å². The van der Waals surface area contributed by atoms with Gasteiger partial charge in [0.25, 0.3) is 5.91 Å². The number of alkyl halides is 1. The first-order valence-electron chi connectivity index (χ1n) is 7.50. The standard InChI is InChI=1S/C18H16Cl2N2OS/c1-10-3-6-14(7-11(10)2)21-18-22-17(23)16(24-18)8-12-4-5-13(19)9-15(12)20/h3-8,13H,9H2,1-2H3,(H,21,22,23)/b16-8-. The van der Waals surface area contributed by atoms with Crippen molar-refractivity contribution >= 4 is 51.7 Å². The van der Waals surface area contributed by atoms with Crippen molar-refractivity contribution in [2.75, 3.05) is 0 Å². The zero-order chi connectivity index (χ0) is 17.3. The number of aryl methyl sites for hydroxylation is 2. The molecule has 0 saturated carbocycles. The summed E-state index contributed by atoms with van der Waals surface area (Å²) in [7, 11) is 0. The highest BCUT2D eigenvalue weighted by Gasteiger charge is 2.25. The number of hydrogen-bond donors (Lipinski definition) is 1. The summed E-state index contributed by atoms with van der Waals surface area (Å²) in [6.07, 6.45) is 6.09. The minimum Gasteiger partial charge on any atom is -0.300 e. The number of allylic oxidation sites excluding steroid dienone is 5. The van der Waals surface area contributed by atoms with Crippen LogP contribution in [0.4, 0.5) is 5.69 Å². The van der Waals surface area contributed by atoms with Crippen LogP contribution in [0.15, 0.2) is 56.9 Å². The number of amides is 1. The maximum Gasteiger partial charge on any atom is 0.264 e. The number of aliphatic imine (C=N–C) groups is 1. The number of rotatable bonds is 2. The summed E-state index contributed by atoms with van der Waals surface area (Å²) in [5, 5.41) is 3.93. The Balaban J connectivity index is 1.82. The molecule has 1 atom stereocenters. The molecular weight excluding hydrogens is 363 g/mol. The van der Waals surface area contributed by atoms with Crippen molar-refractivity contribution in [3.63, 3.8) is 0 Å². The summed E-state index contributed by atoms with van der Waals surface area (Å²) >= 11 is 13.6. The van der Waals surface area contributed by atoms with Gasteiger partial charge in [0.05, 0.1) is 16.0 Å². The van der Waals surface area contributed by atoms with Gasteiger partial charge in [-0.05, 0) is 60.5 Å². The highest BCUT2D eigenvalue weighted by molar-refractivity contribution is 8.18. The lowest BCUT2D eigenvalue weighted by molar-refractivity contribution is -0.115. The Morgan fingerprint density at radius 1 is 1.33 bits per heavy atom. The van der Waals surface area contributed by atoms with E-state index in [1.165, 1.54) is 22.9 Å². The van der Waals surface area contributed by atoms with Crippen molar-refractivity contribution in [3.8, 4) is 0 Å². The van der Waals surface area contributed by atoms with E-state index >= 15 is 0 Å². The molecular formula is C18H16Cl2N2OS. The molecule has 1 unspecified atom stereocenters. The van der Waals surface area contributed by atoms with Crippen molar-refractivity contribution in [2.24, 2.45) is 4.99 Å². The Morgan fingerprint density at radius 2 is 2.12 bits per heavy atom. The lowest BCUT2D eigenvalue weighted by Crippen LogP contribution is -2.19. The summed E-state index contributed by atoms with van der Waals surface area (Å²) in [4.78, 5) is 17.2. The number of amidine groups is 1. The fourth-order valence-corrected chi connectivity index (χ4v) is 3.74. The Bertz CT molecular complexity index is 824. The molecule has 1 N–H and O–H groups in total. The van der Waals surface area contributed by atoms with Crippen molar-refractivity contribution in [1.29, 1.82) is 0 Å². The van der Waals surface area contributed by atoms with Crippen LogP contribution in [0, 0.1) is 13.8 Å². The largest absolute Gasteiger partial charge is 0.300 e. The van der Waals surface area contributed by atoms with E-state index < -0.39 is 0 Å². The predicted molar refractivity (Wildman–Crippen MR) is 103 cm³/mol. The molecule has 1 fully saturated rings. The maximum absolute atomic E-state index is 12.1. The normalized spacial score (nSPS) is 24.2. The van der Waals surface area contributed by atoms with Gasteiger partial charge in [0.1, 0.15) is 0 Å². The number of nitrogens with zero attached hydrogens (tertiary/aromatic N) is 1. The molecule has 1 aromatic rings. The number of hydrogen-bond acceptors (Lipinski definition) is 3. The fraction of sp³-hybridized carbons (Fsp3) is 0.222. The lowest BCUT2D eigenvalue weighted by atomic mass is 10.1. The number of benzene rings is 1. The van der Waals surface area contributed by atoms with Crippen molar-refractivity contribution in [1.82, 2.24) is 5.32 Å². The molecule has 0 aromatic heterocycles. The molecule has 24 heavy (non-hydrogen) atoms. The zero-order valence-electron chi connectivity index (χ0n) is 13.3. The van der Waals surface area contributed by atoms with Gasteiger partial charge < -0.3 is 5.32 Å². The van der Waals surface area contributed by atoms with E-state index in [1.807, 2.05) is 37.3 Å². The van der Waals surface area contributed by atoms with Gasteiger partial charge in [0.15, 0.2) is 5.17 Å². The third kappa shape index (κ3) is 3.94. The quantitative estimate of drug-likeness (QED) is 0.574. The Kier molecular flexibility index (Phi) is 5.18. The van der Waals surface area contributed by atoms with Gasteiger partial charge in [-0.25, -0.2) is 4.99 Å². The molecule has 1 amide bonds. The van der Waals surface area contributed by atoms with Crippen LogP contribution in [0.2, 0.25) is 0 Å². The number of nitrogens with one attached hydrogen (secondary N) is 1. The number of thioether (sulfide) groups is 1. The van der Waals surface area contributed by atoms with Crippen LogP contribution in [0.25, 0.3) is 0 Å². The zero-order valence-corrected chi connectivity index (χ0v) is 15.6. The minimum absolute atomic E-state index is 0.0911. The van der Waals surface area contributed by atoms with E-state index in [2.05, 4.69) is 17.2 Å². The molecule has 3 nitrogen and oxygen atoms in total. The molecule has 1 saturated heterocycles. The highest BCUT2D eigenvalue weighted by Crippen LogP contribution is 2.32. The molecule has 0 spiro atoms. The second-order valence-corrected chi connectivity index (χ2v) is 7.74. The monoisotopic (exact) mass is 378 g/mol. The van der Waals surface area contributed by atoms with Crippen LogP contribution < -0.4 is 5.32 Å². The van der Waals surface area contributed by atoms with Gasteiger partial charge >= 0.3 is 0 Å². The fourth-order valence-electron chi connectivity index (χ4n) is 2.32. The SMILES string of the molecule is Cc1ccc(N=C2NC(=O)/C(=C/C3=C(Cl)CC(Cl)C=C3)S2)cc1C. The van der Waals surface area contributed by atoms with Crippen LogP contribution in [0.3, 0.4) is 0 Å². The van der Waals surface area contributed by atoms with Gasteiger partial charge in [-0.2, -0.15) is 0 Å². The van der Waals surface area contributed by atoms with E-state index in [0.29, 0.717) is 21.5 Å². The van der Waals surface area contributed by atoms with Gasteiger partial charge in [-0.1, -0.05) is 29.8 Å². The van der Waals surface area contributed by atoms with E-state index in [-0.39, 0.29) is 11.3 Å². The molecule has 2 aliphatic rings. The van der Waals surface area contributed by atoms with Crippen molar-refractivity contribution < 1.29 is 4.79 Å². The highest BCUT2D eigenvalue weighted by atomic mass is 35.5. The average Bonchev–Trinajstić information content (AvgIpc) is 2.85. The topological polar surface area (TPSA) is 41.5 Å². The molecule has 1 aliphatic carbocycles. The van der Waals surface area contributed by atoms with Crippen LogP contribution in [0.1, 0.15) is 17.5 Å². The minimum atomic E-state index is -0.166. The molecule has 6 heteroatoms. The molecule has 1 aromatic carbocycles. The Morgan fingerprint density at radius 3 is 2.83 bits per heavy atom. The van der Waals surface area contributed by atoms with Gasteiger partial charge in [0.2, 0.25) is 0 Å². The first-order chi connectivity index (χ1) is 11.4. The summed E-state index contributed by atoms with van der Waals surface area (Å²) in [5.41, 5.74) is 4.02. The lowest BCUT2D eigenvalue weighted by Gasteiger charge is -2.11. The van der Waals surface area contributed by atoms with Crippen molar-refractivity contribution in [3.05, 3.63) is 63.1 Å². The van der Waals surface area contributed by atoms with E-state index in [1.54, 1.807) is 6.08 Å². The third-order valence-electron chi connectivity index (χ3n) is 3.83. The molecule has 0 radical (unpaired) electrons. The van der Waals surface area contributed by atoms with Crippen LogP contribution in [-0.2, 0) is 4.79 Å². The molecule has 0 bridgehead atoms. The second kappa shape index (κ2) is 7.18. The predicted octanol–water partition coefficient (Wildman–Crippen LogP) is 5.10. The second-order valence-electron chi connectivity index (χ2n) is 5.69. The smallest absolute Gasteiger partial charge is 0.264 e. The van der Waals surface area contributed by atoms with Crippen LogP contribution >= 0.6 is 35.0 Å². The Labute approximate surface area is 155 Å². The molecule has 1 heterocycles. The first kappa shape index (κ1) is 17.3. The summed E-state index contributed by atoms with van der Waals surface area (Å²) in [6.45, 7) is 4.10. The van der Waals surface area contributed by atoms with Crippen LogP contribution in [-0.4, -0.2) is 16.5 Å². The molecule has 3 rings (SSSR count). The molecule has 124 valence electrons. The number of halogens is 2. The van der Waals surface area contributed by atoms with E-state index in [4.69, 9.17) is 23.2 Å². The first-order valence-corrected chi connectivity index (χ1v) is 9.13. The summed E-state index contributed by atoms with van der Waals surface area (Å²) in [5.74, 6) is -0.166. The maximum atomic E-state index is 12.1.